The molecule has 1 aromatic carbocycles. The molecule has 1 saturated heterocycles. The number of imidazole rings is 1. The first kappa shape index (κ1) is 19.0. The largest absolute Gasteiger partial charge is 0.396 e. The molecule has 2 aromatic rings. The molecule has 0 aliphatic carbocycles. The van der Waals surface area contributed by atoms with Crippen LogP contribution in [0.25, 0.3) is 0 Å². The second-order valence-electron chi connectivity index (χ2n) is 7.29. The summed E-state index contributed by atoms with van der Waals surface area (Å²) < 4.78 is 15.3. The predicted octanol–water partition coefficient (Wildman–Crippen LogP) is 1.87. The van der Waals surface area contributed by atoms with E-state index in [2.05, 4.69) is 21.4 Å². The van der Waals surface area contributed by atoms with Gasteiger partial charge in [-0.1, -0.05) is 19.1 Å². The minimum atomic E-state index is -0.612. The zero-order chi connectivity index (χ0) is 18.6. The molecule has 0 saturated carbocycles. The van der Waals surface area contributed by atoms with Crippen LogP contribution in [-0.2, 0) is 19.4 Å². The molecule has 0 amide bonds. The Morgan fingerprint density at radius 3 is 2.73 bits per heavy atom. The molecule has 2 heterocycles. The van der Waals surface area contributed by atoms with E-state index < -0.39 is 11.5 Å². The molecule has 2 atom stereocenters. The van der Waals surface area contributed by atoms with E-state index in [0.29, 0.717) is 19.4 Å². The first-order valence-corrected chi connectivity index (χ1v) is 9.32. The maximum atomic E-state index is 13.2. The monoisotopic (exact) mass is 361 g/mol. The smallest absolute Gasteiger partial charge is 0.123 e. The average Bonchev–Trinajstić information content (AvgIpc) is 3.12. The lowest BCUT2D eigenvalue weighted by Crippen LogP contribution is -2.55. The fourth-order valence-corrected chi connectivity index (χ4v) is 3.93. The predicted molar refractivity (Wildman–Crippen MR) is 98.3 cm³/mol. The molecule has 1 aromatic heterocycles. The fraction of sp³-hybridized carbons (Fsp3) is 0.550. The van der Waals surface area contributed by atoms with Crippen molar-refractivity contribution in [1.29, 1.82) is 0 Å². The average molecular weight is 361 g/mol. The van der Waals surface area contributed by atoms with Crippen molar-refractivity contribution in [3.63, 3.8) is 0 Å². The van der Waals surface area contributed by atoms with Crippen molar-refractivity contribution in [1.82, 2.24) is 14.5 Å². The van der Waals surface area contributed by atoms with Crippen molar-refractivity contribution in [2.75, 3.05) is 26.2 Å². The molecule has 1 aliphatic heterocycles. The fourth-order valence-electron chi connectivity index (χ4n) is 3.93. The summed E-state index contributed by atoms with van der Waals surface area (Å²) in [6.45, 7) is 5.13. The lowest BCUT2D eigenvalue weighted by Gasteiger charge is -2.45. The quantitative estimate of drug-likeness (QED) is 0.790. The van der Waals surface area contributed by atoms with E-state index in [4.69, 9.17) is 0 Å². The Balaban J connectivity index is 1.67. The molecule has 5 nitrogen and oxygen atoms in total. The van der Waals surface area contributed by atoms with Gasteiger partial charge in [-0.2, -0.15) is 0 Å². The zero-order valence-corrected chi connectivity index (χ0v) is 15.3. The van der Waals surface area contributed by atoms with Crippen LogP contribution in [0.4, 0.5) is 4.39 Å². The van der Waals surface area contributed by atoms with E-state index in [1.54, 1.807) is 12.1 Å². The Labute approximate surface area is 154 Å². The van der Waals surface area contributed by atoms with Crippen molar-refractivity contribution in [3.8, 4) is 0 Å². The number of benzene rings is 1. The molecule has 0 radical (unpaired) electrons. The van der Waals surface area contributed by atoms with Crippen molar-refractivity contribution >= 4 is 0 Å². The van der Waals surface area contributed by atoms with Gasteiger partial charge in [0.25, 0.3) is 0 Å². The molecule has 0 unspecified atom stereocenters. The number of aliphatic hydroxyl groups excluding tert-OH is 2. The van der Waals surface area contributed by atoms with Crippen LogP contribution in [0.5, 0.6) is 0 Å². The maximum Gasteiger partial charge on any atom is 0.123 e. The number of aromatic nitrogens is 2. The summed E-state index contributed by atoms with van der Waals surface area (Å²) in [5.74, 6) is 0.798. The molecule has 2 N–H and O–H groups in total. The summed E-state index contributed by atoms with van der Waals surface area (Å²) in [5.41, 5.74) is 0.322. The Hall–Kier alpha value is -1.76. The highest BCUT2D eigenvalue weighted by atomic mass is 19.1. The van der Waals surface area contributed by atoms with Crippen LogP contribution in [0, 0.1) is 11.2 Å². The number of halogens is 1. The third-order valence-corrected chi connectivity index (χ3v) is 5.52. The second-order valence-corrected chi connectivity index (χ2v) is 7.29. The van der Waals surface area contributed by atoms with Crippen molar-refractivity contribution in [2.24, 2.45) is 5.41 Å². The van der Waals surface area contributed by atoms with Gasteiger partial charge < -0.3 is 19.7 Å². The molecule has 3 rings (SSSR count). The zero-order valence-electron chi connectivity index (χ0n) is 15.3. The van der Waals surface area contributed by atoms with Gasteiger partial charge in [0.2, 0.25) is 0 Å². The summed E-state index contributed by atoms with van der Waals surface area (Å²) in [4.78, 5) is 6.65. The first-order valence-electron chi connectivity index (χ1n) is 9.32. The van der Waals surface area contributed by atoms with Gasteiger partial charge >= 0.3 is 0 Å². The minimum Gasteiger partial charge on any atom is -0.396 e. The number of hydrogen-bond acceptors (Lipinski definition) is 4. The van der Waals surface area contributed by atoms with Crippen LogP contribution in [0.15, 0.2) is 36.7 Å². The number of aryl methyl sites for hydroxylation is 1. The van der Waals surface area contributed by atoms with E-state index in [1.807, 2.05) is 12.4 Å². The number of likely N-dealkylation sites (tertiary alicyclic amines) is 1. The van der Waals surface area contributed by atoms with Crippen molar-refractivity contribution < 1.29 is 14.6 Å². The van der Waals surface area contributed by atoms with Gasteiger partial charge in [0, 0.05) is 50.4 Å². The summed E-state index contributed by atoms with van der Waals surface area (Å²) >= 11 is 0. The van der Waals surface area contributed by atoms with Crippen LogP contribution in [0.1, 0.15) is 24.7 Å². The van der Waals surface area contributed by atoms with E-state index >= 15 is 0 Å². The standard InChI is InChI=1S/C20H28FN3O2/c1-2-19-22-8-10-24(19)12-11-23-9-7-18(26)20(14-23,15-25)13-16-3-5-17(21)6-4-16/h3-6,8,10,18,25-26H,2,7,9,11-15H2,1H3/t18-,20-/m0/s1. The minimum absolute atomic E-state index is 0.0900. The van der Waals surface area contributed by atoms with Gasteiger partial charge in [-0.15, -0.1) is 0 Å². The normalized spacial score (nSPS) is 24.1. The number of hydrogen-bond donors (Lipinski definition) is 2. The van der Waals surface area contributed by atoms with Gasteiger partial charge in [-0.05, 0) is 30.5 Å². The number of nitrogens with zero attached hydrogens (tertiary/aromatic N) is 3. The van der Waals surface area contributed by atoms with E-state index in [-0.39, 0.29) is 12.4 Å². The SMILES string of the molecule is CCc1nccn1CCN1CC[C@H](O)[C@@](CO)(Cc2ccc(F)cc2)C1. The van der Waals surface area contributed by atoms with Crippen LogP contribution >= 0.6 is 0 Å². The molecule has 142 valence electrons. The summed E-state index contributed by atoms with van der Waals surface area (Å²) in [5, 5.41) is 20.7. The van der Waals surface area contributed by atoms with Crippen LogP contribution < -0.4 is 0 Å². The van der Waals surface area contributed by atoms with Gasteiger partial charge in [-0.25, -0.2) is 9.37 Å². The maximum absolute atomic E-state index is 13.2. The van der Waals surface area contributed by atoms with Gasteiger partial charge in [0.05, 0.1) is 12.7 Å². The number of rotatable bonds is 7. The Morgan fingerprint density at radius 2 is 2.04 bits per heavy atom. The van der Waals surface area contributed by atoms with E-state index in [0.717, 1.165) is 37.4 Å². The van der Waals surface area contributed by atoms with Gasteiger partial charge in [0.1, 0.15) is 11.6 Å². The molecule has 1 fully saturated rings. The van der Waals surface area contributed by atoms with Crippen LogP contribution in [0.3, 0.4) is 0 Å². The molecule has 0 spiro atoms. The Morgan fingerprint density at radius 1 is 1.27 bits per heavy atom. The molecule has 1 aliphatic rings. The summed E-state index contributed by atoms with van der Waals surface area (Å²) in [6, 6.07) is 6.33. The van der Waals surface area contributed by atoms with Crippen molar-refractivity contribution in [3.05, 3.63) is 53.9 Å². The first-order chi connectivity index (χ1) is 12.6. The molecule has 0 bridgehead atoms. The van der Waals surface area contributed by atoms with E-state index in [9.17, 15) is 14.6 Å². The molecule has 26 heavy (non-hydrogen) atoms. The van der Waals surface area contributed by atoms with Crippen LogP contribution in [0.2, 0.25) is 0 Å². The third-order valence-electron chi connectivity index (χ3n) is 5.52. The molecular weight excluding hydrogens is 333 g/mol. The van der Waals surface area contributed by atoms with Crippen molar-refractivity contribution in [2.45, 2.75) is 38.8 Å². The van der Waals surface area contributed by atoms with Gasteiger partial charge in [-0.3, -0.25) is 0 Å². The number of aliphatic hydroxyl groups is 2. The lowest BCUT2D eigenvalue weighted by atomic mass is 9.73. The lowest BCUT2D eigenvalue weighted by molar-refractivity contribution is -0.0753. The van der Waals surface area contributed by atoms with Crippen LogP contribution in [-0.4, -0.2) is 57.0 Å². The highest BCUT2D eigenvalue weighted by molar-refractivity contribution is 5.19. The Kier molecular flexibility index (Phi) is 6.06. The summed E-state index contributed by atoms with van der Waals surface area (Å²) in [7, 11) is 0. The third kappa shape index (κ3) is 4.14. The molecule has 6 heteroatoms. The topological polar surface area (TPSA) is 61.5 Å². The summed E-state index contributed by atoms with van der Waals surface area (Å²) in [6.07, 6.45) is 5.32. The van der Waals surface area contributed by atoms with E-state index in [1.165, 1.54) is 12.1 Å². The number of piperidine rings is 1. The second kappa shape index (κ2) is 8.29. The Bertz CT molecular complexity index is 703. The molecular formula is C20H28FN3O2. The van der Waals surface area contributed by atoms with Gasteiger partial charge in [0.15, 0.2) is 0 Å². The highest BCUT2D eigenvalue weighted by Gasteiger charge is 2.42. The highest BCUT2D eigenvalue weighted by Crippen LogP contribution is 2.34.